The predicted octanol–water partition coefficient (Wildman–Crippen LogP) is 12.2. The number of hydrogen-bond acceptors (Lipinski definition) is 0. The average Bonchev–Trinajstić information content (AvgIpc) is 3.23. The Balaban J connectivity index is 1.32. The third-order valence-corrected chi connectivity index (χ3v) is 10.9. The van der Waals surface area contributed by atoms with Gasteiger partial charge in [-0.15, -0.1) is 0 Å². The van der Waals surface area contributed by atoms with E-state index in [0.717, 1.165) is 25.2 Å². The third-order valence-electron chi connectivity index (χ3n) is 10.9. The zero-order valence-electron chi connectivity index (χ0n) is 27.9. The molecule has 0 heteroatoms. The summed E-state index contributed by atoms with van der Waals surface area (Å²) in [5.41, 5.74) is 12.4. The van der Waals surface area contributed by atoms with Gasteiger partial charge in [-0.25, -0.2) is 0 Å². The Kier molecular flexibility index (Phi) is 9.36. The van der Waals surface area contributed by atoms with Crippen molar-refractivity contribution in [2.24, 2.45) is 17.3 Å². The fourth-order valence-corrected chi connectivity index (χ4v) is 7.84. The van der Waals surface area contributed by atoms with E-state index in [1.165, 1.54) is 41.5 Å². The van der Waals surface area contributed by atoms with Crippen molar-refractivity contribution in [3.8, 4) is 0 Å². The van der Waals surface area contributed by atoms with Crippen molar-refractivity contribution in [2.75, 3.05) is 0 Å². The van der Waals surface area contributed by atoms with E-state index in [0.29, 0.717) is 17.8 Å². The number of hydrogen-bond donors (Lipinski definition) is 0. The Bertz CT molecular complexity index is 1470. The van der Waals surface area contributed by atoms with Crippen molar-refractivity contribution < 1.29 is 0 Å². The topological polar surface area (TPSA) is 0 Å². The quantitative estimate of drug-likeness (QED) is 0.208. The molecule has 3 aliphatic rings. The monoisotopic (exact) mass is 570 g/mol. The van der Waals surface area contributed by atoms with Crippen LogP contribution in [0.1, 0.15) is 120 Å². The molecule has 226 valence electrons. The van der Waals surface area contributed by atoms with Crippen LogP contribution in [0.4, 0.5) is 0 Å². The minimum absolute atomic E-state index is 0.171. The minimum atomic E-state index is 0.171. The number of rotatable bonds is 9. The van der Waals surface area contributed by atoms with Gasteiger partial charge in [-0.3, -0.25) is 0 Å². The summed E-state index contributed by atoms with van der Waals surface area (Å²) in [6.07, 6.45) is 25.3. The van der Waals surface area contributed by atoms with Crippen LogP contribution in [0.2, 0.25) is 0 Å². The van der Waals surface area contributed by atoms with Gasteiger partial charge in [-0.1, -0.05) is 150 Å². The molecule has 0 N–H and O–H groups in total. The van der Waals surface area contributed by atoms with Crippen LogP contribution < -0.4 is 0 Å². The summed E-state index contributed by atoms with van der Waals surface area (Å²) in [7, 11) is 0. The second-order valence-corrected chi connectivity index (χ2v) is 15.0. The largest absolute Gasteiger partial charge is 0.0991 e. The summed E-state index contributed by atoms with van der Waals surface area (Å²) in [5.74, 6) is 2.33. The lowest BCUT2D eigenvalue weighted by Crippen LogP contribution is -2.26. The highest BCUT2D eigenvalue weighted by molar-refractivity contribution is 5.76. The zero-order valence-corrected chi connectivity index (χ0v) is 27.9. The zero-order chi connectivity index (χ0) is 30.8. The minimum Gasteiger partial charge on any atom is -0.0991 e. The molecule has 0 radical (unpaired) electrons. The van der Waals surface area contributed by atoms with Gasteiger partial charge in [0, 0.05) is 11.8 Å². The van der Waals surface area contributed by atoms with Gasteiger partial charge in [0.2, 0.25) is 0 Å². The molecule has 0 saturated carbocycles. The van der Waals surface area contributed by atoms with Crippen LogP contribution in [-0.2, 0) is 11.8 Å². The molecular formula is C43H54. The maximum atomic E-state index is 3.80. The molecule has 4 unspecified atom stereocenters. The van der Waals surface area contributed by atoms with E-state index in [-0.39, 0.29) is 10.8 Å². The smallest absolute Gasteiger partial charge is 0.00576 e. The fourth-order valence-electron chi connectivity index (χ4n) is 7.84. The van der Waals surface area contributed by atoms with Gasteiger partial charge in [0.1, 0.15) is 0 Å². The molecule has 0 fully saturated rings. The van der Waals surface area contributed by atoms with Gasteiger partial charge in [0.25, 0.3) is 0 Å². The van der Waals surface area contributed by atoms with Gasteiger partial charge in [0.05, 0.1) is 0 Å². The molecule has 0 heterocycles. The Labute approximate surface area is 263 Å². The summed E-state index contributed by atoms with van der Waals surface area (Å²) in [6.45, 7) is 20.7. The lowest BCUT2D eigenvalue weighted by molar-refractivity contribution is 0.301. The summed E-state index contributed by atoms with van der Waals surface area (Å²) in [6, 6.07) is 16.5. The van der Waals surface area contributed by atoms with Crippen molar-refractivity contribution in [1.82, 2.24) is 0 Å². The van der Waals surface area contributed by atoms with E-state index in [2.05, 4.69) is 134 Å². The summed E-state index contributed by atoms with van der Waals surface area (Å²) in [4.78, 5) is 0. The van der Waals surface area contributed by atoms with Crippen LogP contribution in [0.5, 0.6) is 0 Å². The maximum Gasteiger partial charge on any atom is 0.00576 e. The van der Waals surface area contributed by atoms with Gasteiger partial charge >= 0.3 is 0 Å². The predicted molar refractivity (Wildman–Crippen MR) is 189 cm³/mol. The van der Waals surface area contributed by atoms with Crippen LogP contribution in [0.25, 0.3) is 5.57 Å². The molecule has 0 spiro atoms. The van der Waals surface area contributed by atoms with Crippen LogP contribution in [-0.4, -0.2) is 0 Å². The van der Waals surface area contributed by atoms with Gasteiger partial charge in [0.15, 0.2) is 0 Å². The third kappa shape index (κ3) is 6.69. The molecule has 43 heavy (non-hydrogen) atoms. The lowest BCUT2D eigenvalue weighted by Gasteiger charge is -2.32. The van der Waals surface area contributed by atoms with Gasteiger partial charge in [-0.05, 0) is 102 Å². The average molecular weight is 571 g/mol. The molecule has 0 nitrogen and oxygen atoms in total. The maximum absolute atomic E-state index is 3.80. The lowest BCUT2D eigenvalue weighted by atomic mass is 9.72. The number of fused-ring (bicyclic) bond motifs is 3. The molecule has 0 aliphatic heterocycles. The fraction of sp³-hybridized carbons (Fsp3) is 0.442. The number of benzene rings is 2. The molecule has 0 aromatic heterocycles. The highest BCUT2D eigenvalue weighted by atomic mass is 14.5. The van der Waals surface area contributed by atoms with E-state index in [9.17, 15) is 0 Å². The SMILES string of the molecule is C=C/C=C\Cc1cccc(C(C)CC/C(=C(\C)C(C)(C)C)C2C=CC(c3ccc4c(c3)C(C)(C)C3CCC=CC43)=CC2)c1. The van der Waals surface area contributed by atoms with E-state index in [1.54, 1.807) is 22.3 Å². The van der Waals surface area contributed by atoms with Crippen LogP contribution in [0, 0.1) is 17.3 Å². The molecule has 2 aromatic rings. The second kappa shape index (κ2) is 12.9. The normalized spacial score (nSPS) is 23.9. The molecule has 0 amide bonds. The molecule has 4 atom stereocenters. The van der Waals surface area contributed by atoms with Crippen molar-refractivity contribution in [3.05, 3.63) is 137 Å². The first-order valence-electron chi connectivity index (χ1n) is 16.8. The molecule has 0 saturated heterocycles. The van der Waals surface area contributed by atoms with E-state index in [4.69, 9.17) is 0 Å². The molecule has 0 bridgehead atoms. The Morgan fingerprint density at radius 3 is 2.63 bits per heavy atom. The van der Waals surface area contributed by atoms with Crippen LogP contribution in [0.3, 0.4) is 0 Å². The molecule has 2 aromatic carbocycles. The Hall–Kier alpha value is -3.12. The Morgan fingerprint density at radius 1 is 1.09 bits per heavy atom. The second-order valence-electron chi connectivity index (χ2n) is 15.0. The van der Waals surface area contributed by atoms with Crippen molar-refractivity contribution in [1.29, 1.82) is 0 Å². The van der Waals surface area contributed by atoms with Gasteiger partial charge < -0.3 is 0 Å². The van der Waals surface area contributed by atoms with Crippen LogP contribution >= 0.6 is 0 Å². The number of allylic oxidation sites excluding steroid dienone is 11. The standard InChI is InChI=1S/C43H54/c1-9-10-11-15-32-16-14-17-35(28-32)30(2)20-26-37(31(3)42(4,5)6)34-23-21-33(22-24-34)36-25-27-39-38-18-12-13-19-40(38)43(7,8)41(39)29-36/h9-12,14,16-18,21-23,25,27-30,34,38,40H,1,13,15,19-20,24,26H2,2-8H3/b11-10-,37-31-. The molecule has 3 aliphatic carbocycles. The first-order chi connectivity index (χ1) is 20.5. The first kappa shape index (κ1) is 31.3. The van der Waals surface area contributed by atoms with E-state index < -0.39 is 0 Å². The van der Waals surface area contributed by atoms with E-state index >= 15 is 0 Å². The highest BCUT2D eigenvalue weighted by Gasteiger charge is 2.45. The Morgan fingerprint density at radius 2 is 1.91 bits per heavy atom. The summed E-state index contributed by atoms with van der Waals surface area (Å²) < 4.78 is 0. The van der Waals surface area contributed by atoms with Gasteiger partial charge in [-0.2, -0.15) is 0 Å². The van der Waals surface area contributed by atoms with E-state index in [1.807, 2.05) is 12.2 Å². The van der Waals surface area contributed by atoms with Crippen LogP contribution in [0.15, 0.2) is 109 Å². The highest BCUT2D eigenvalue weighted by Crippen LogP contribution is 2.55. The molecule has 5 rings (SSSR count). The summed E-state index contributed by atoms with van der Waals surface area (Å²) in [5, 5.41) is 0. The van der Waals surface area contributed by atoms with Crippen molar-refractivity contribution >= 4 is 5.57 Å². The summed E-state index contributed by atoms with van der Waals surface area (Å²) >= 11 is 0. The first-order valence-corrected chi connectivity index (χ1v) is 16.8. The van der Waals surface area contributed by atoms with Crippen molar-refractivity contribution in [3.63, 3.8) is 0 Å². The molecular weight excluding hydrogens is 516 g/mol. The van der Waals surface area contributed by atoms with Crippen molar-refractivity contribution in [2.45, 2.75) is 104 Å².